The highest BCUT2D eigenvalue weighted by molar-refractivity contribution is 9.10. The third kappa shape index (κ3) is 3.42. The molecule has 2 aromatic rings. The Balaban J connectivity index is 2.26. The van der Waals surface area contributed by atoms with Crippen molar-refractivity contribution in [1.82, 2.24) is 10.4 Å². The molecule has 0 amide bonds. The number of halogens is 2. The van der Waals surface area contributed by atoms with Gasteiger partial charge < -0.3 is 0 Å². The van der Waals surface area contributed by atoms with Gasteiger partial charge in [-0.1, -0.05) is 12.1 Å². The van der Waals surface area contributed by atoms with Gasteiger partial charge in [-0.15, -0.1) is 0 Å². The molecule has 3 nitrogen and oxygen atoms in total. The summed E-state index contributed by atoms with van der Waals surface area (Å²) < 4.78 is 13.7. The Labute approximate surface area is 126 Å². The fraction of sp³-hybridized carbons (Fsp3) is 0.267. The molecule has 1 atom stereocenters. The minimum Gasteiger partial charge on any atom is -0.271 e. The third-order valence-corrected chi connectivity index (χ3v) is 3.87. The summed E-state index contributed by atoms with van der Waals surface area (Å²) in [5.41, 5.74) is 6.80. The van der Waals surface area contributed by atoms with Crippen LogP contribution in [0.25, 0.3) is 0 Å². The molecule has 0 aliphatic heterocycles. The SMILES string of the molecule is Cc1ccc(C(Cc2ccc(F)c(Br)c2)NN)c(C)n1. The molecule has 5 heteroatoms. The van der Waals surface area contributed by atoms with E-state index in [4.69, 9.17) is 5.84 Å². The Bertz CT molecular complexity index is 616. The van der Waals surface area contributed by atoms with Crippen LogP contribution in [0.3, 0.4) is 0 Å². The fourth-order valence-electron chi connectivity index (χ4n) is 2.23. The Hall–Kier alpha value is -1.30. The van der Waals surface area contributed by atoms with E-state index in [1.165, 1.54) is 6.07 Å². The second-order valence-corrected chi connectivity index (χ2v) is 5.65. The first-order chi connectivity index (χ1) is 9.51. The number of aryl methyl sites for hydroxylation is 2. The first-order valence-corrected chi connectivity index (χ1v) is 7.14. The maximum absolute atomic E-state index is 13.3. The molecule has 3 N–H and O–H groups in total. The zero-order chi connectivity index (χ0) is 14.7. The fourth-order valence-corrected chi connectivity index (χ4v) is 2.65. The van der Waals surface area contributed by atoms with Crippen LogP contribution in [0.1, 0.15) is 28.6 Å². The van der Waals surface area contributed by atoms with Crippen LogP contribution in [-0.4, -0.2) is 4.98 Å². The highest BCUT2D eigenvalue weighted by Gasteiger charge is 2.14. The zero-order valence-electron chi connectivity index (χ0n) is 11.5. The van der Waals surface area contributed by atoms with Gasteiger partial charge in [-0.2, -0.15) is 0 Å². The standard InChI is InChI=1S/C15H17BrFN3/c1-9-3-5-12(10(2)19-9)15(20-18)8-11-4-6-14(17)13(16)7-11/h3-7,15,20H,8,18H2,1-2H3. The van der Waals surface area contributed by atoms with Crippen molar-refractivity contribution in [3.05, 3.63) is 63.1 Å². The summed E-state index contributed by atoms with van der Waals surface area (Å²) in [6.45, 7) is 3.92. The monoisotopic (exact) mass is 337 g/mol. The normalized spacial score (nSPS) is 12.4. The smallest absolute Gasteiger partial charge is 0.137 e. The lowest BCUT2D eigenvalue weighted by atomic mass is 9.98. The highest BCUT2D eigenvalue weighted by atomic mass is 79.9. The van der Waals surface area contributed by atoms with E-state index in [0.29, 0.717) is 10.9 Å². The van der Waals surface area contributed by atoms with Crippen LogP contribution in [0.4, 0.5) is 4.39 Å². The van der Waals surface area contributed by atoms with Crippen molar-refractivity contribution in [1.29, 1.82) is 0 Å². The molecular formula is C15H17BrFN3. The first-order valence-electron chi connectivity index (χ1n) is 6.35. The minimum atomic E-state index is -0.265. The molecule has 0 saturated carbocycles. The summed E-state index contributed by atoms with van der Waals surface area (Å²) in [4.78, 5) is 4.45. The predicted molar refractivity (Wildman–Crippen MR) is 81.6 cm³/mol. The van der Waals surface area contributed by atoms with Gasteiger partial charge in [0, 0.05) is 11.4 Å². The molecule has 0 bridgehead atoms. The average molecular weight is 338 g/mol. The summed E-state index contributed by atoms with van der Waals surface area (Å²) in [5, 5.41) is 0. The number of aromatic nitrogens is 1. The molecular weight excluding hydrogens is 321 g/mol. The maximum atomic E-state index is 13.3. The number of nitrogens with zero attached hydrogens (tertiary/aromatic N) is 1. The molecule has 1 heterocycles. The first kappa shape index (κ1) is 15.1. The van der Waals surface area contributed by atoms with Gasteiger partial charge in [-0.25, -0.2) is 4.39 Å². The van der Waals surface area contributed by atoms with E-state index in [9.17, 15) is 4.39 Å². The van der Waals surface area contributed by atoms with Gasteiger partial charge >= 0.3 is 0 Å². The van der Waals surface area contributed by atoms with Gasteiger partial charge in [0.05, 0.1) is 10.5 Å². The molecule has 2 rings (SSSR count). The second kappa shape index (κ2) is 6.43. The number of benzene rings is 1. The Kier molecular flexibility index (Phi) is 4.86. The molecule has 1 aromatic carbocycles. The summed E-state index contributed by atoms with van der Waals surface area (Å²) in [7, 11) is 0. The van der Waals surface area contributed by atoms with Crippen LogP contribution in [0.2, 0.25) is 0 Å². The molecule has 0 spiro atoms. The van der Waals surface area contributed by atoms with Gasteiger partial charge in [-0.3, -0.25) is 16.3 Å². The number of hydrogen-bond donors (Lipinski definition) is 2. The highest BCUT2D eigenvalue weighted by Crippen LogP contribution is 2.23. The lowest BCUT2D eigenvalue weighted by molar-refractivity contribution is 0.545. The van der Waals surface area contributed by atoms with Crippen molar-refractivity contribution >= 4 is 15.9 Å². The Morgan fingerprint density at radius 3 is 2.65 bits per heavy atom. The topological polar surface area (TPSA) is 50.9 Å². The van der Waals surface area contributed by atoms with Crippen LogP contribution in [0.5, 0.6) is 0 Å². The molecule has 0 radical (unpaired) electrons. The number of nitrogens with two attached hydrogens (primary N) is 1. The molecule has 0 fully saturated rings. The number of pyridine rings is 1. The lowest BCUT2D eigenvalue weighted by Gasteiger charge is -2.18. The minimum absolute atomic E-state index is 0.0551. The summed E-state index contributed by atoms with van der Waals surface area (Å²) in [5.74, 6) is 5.40. The molecule has 1 aromatic heterocycles. The van der Waals surface area contributed by atoms with Gasteiger partial charge in [-0.05, 0) is 65.5 Å². The molecule has 1 unspecified atom stereocenters. The van der Waals surface area contributed by atoms with Crippen molar-refractivity contribution in [2.24, 2.45) is 5.84 Å². The van der Waals surface area contributed by atoms with Crippen LogP contribution in [0, 0.1) is 19.7 Å². The van der Waals surface area contributed by atoms with Crippen molar-refractivity contribution < 1.29 is 4.39 Å². The quantitative estimate of drug-likeness (QED) is 0.664. The Morgan fingerprint density at radius 2 is 2.05 bits per heavy atom. The van der Waals surface area contributed by atoms with Crippen molar-refractivity contribution in [3.63, 3.8) is 0 Å². The summed E-state index contributed by atoms with van der Waals surface area (Å²) in [6.07, 6.45) is 0.668. The van der Waals surface area contributed by atoms with Gasteiger partial charge in [0.15, 0.2) is 0 Å². The van der Waals surface area contributed by atoms with Gasteiger partial charge in [0.1, 0.15) is 5.82 Å². The van der Waals surface area contributed by atoms with Gasteiger partial charge in [0.2, 0.25) is 0 Å². The van der Waals surface area contributed by atoms with E-state index in [0.717, 1.165) is 22.5 Å². The van der Waals surface area contributed by atoms with Crippen LogP contribution < -0.4 is 11.3 Å². The summed E-state index contributed by atoms with van der Waals surface area (Å²) >= 11 is 3.20. The van der Waals surface area contributed by atoms with Gasteiger partial charge in [0.25, 0.3) is 0 Å². The van der Waals surface area contributed by atoms with E-state index >= 15 is 0 Å². The van der Waals surface area contributed by atoms with Crippen molar-refractivity contribution in [2.45, 2.75) is 26.3 Å². The van der Waals surface area contributed by atoms with Crippen molar-refractivity contribution in [2.75, 3.05) is 0 Å². The van der Waals surface area contributed by atoms with Crippen LogP contribution >= 0.6 is 15.9 Å². The number of nitrogens with one attached hydrogen (secondary N) is 1. The van der Waals surface area contributed by atoms with E-state index in [-0.39, 0.29) is 11.9 Å². The largest absolute Gasteiger partial charge is 0.271 e. The predicted octanol–water partition coefficient (Wildman–Crippen LogP) is 3.35. The molecule has 0 saturated heterocycles. The average Bonchev–Trinajstić information content (AvgIpc) is 2.41. The van der Waals surface area contributed by atoms with E-state index in [1.807, 2.05) is 26.0 Å². The maximum Gasteiger partial charge on any atom is 0.137 e. The second-order valence-electron chi connectivity index (χ2n) is 4.80. The number of hydrazine groups is 1. The molecule has 0 aliphatic rings. The van der Waals surface area contributed by atoms with E-state index in [1.54, 1.807) is 12.1 Å². The summed E-state index contributed by atoms with van der Waals surface area (Å²) in [6, 6.07) is 8.93. The van der Waals surface area contributed by atoms with E-state index < -0.39 is 0 Å². The molecule has 106 valence electrons. The van der Waals surface area contributed by atoms with Crippen molar-refractivity contribution in [3.8, 4) is 0 Å². The molecule has 0 aliphatic carbocycles. The number of rotatable bonds is 4. The third-order valence-electron chi connectivity index (χ3n) is 3.27. The Morgan fingerprint density at radius 1 is 1.30 bits per heavy atom. The molecule has 20 heavy (non-hydrogen) atoms. The van der Waals surface area contributed by atoms with Crippen LogP contribution in [0.15, 0.2) is 34.8 Å². The van der Waals surface area contributed by atoms with Crippen LogP contribution in [-0.2, 0) is 6.42 Å². The van der Waals surface area contributed by atoms with E-state index in [2.05, 4.69) is 26.3 Å². The lowest BCUT2D eigenvalue weighted by Crippen LogP contribution is -2.30. The zero-order valence-corrected chi connectivity index (χ0v) is 13.0. The number of hydrogen-bond acceptors (Lipinski definition) is 3.